The lowest BCUT2D eigenvalue weighted by atomic mass is 10.1. The van der Waals surface area contributed by atoms with E-state index in [4.69, 9.17) is 21.1 Å². The Morgan fingerprint density at radius 2 is 1.85 bits per heavy atom. The molecule has 0 bridgehead atoms. The molecule has 142 valence electrons. The Hall–Kier alpha value is -2.73. The normalized spacial score (nSPS) is 16.3. The van der Waals surface area contributed by atoms with Crippen LogP contribution in [-0.2, 0) is 16.1 Å². The Labute approximate surface area is 163 Å². The molecule has 2 amide bonds. The van der Waals surface area contributed by atoms with Crippen molar-refractivity contribution in [2.24, 2.45) is 5.92 Å². The van der Waals surface area contributed by atoms with Crippen molar-refractivity contribution in [3.63, 3.8) is 0 Å². The molecule has 0 radical (unpaired) electrons. The molecule has 0 aliphatic carbocycles. The van der Waals surface area contributed by atoms with E-state index in [1.165, 1.54) is 0 Å². The highest BCUT2D eigenvalue weighted by Gasteiger charge is 2.37. The van der Waals surface area contributed by atoms with Crippen LogP contribution in [0, 0.1) is 5.92 Å². The van der Waals surface area contributed by atoms with Gasteiger partial charge in [-0.3, -0.25) is 9.59 Å². The van der Waals surface area contributed by atoms with Crippen LogP contribution >= 0.6 is 11.6 Å². The van der Waals surface area contributed by atoms with Crippen molar-refractivity contribution in [3.05, 3.63) is 53.1 Å². The van der Waals surface area contributed by atoms with Crippen LogP contribution in [0.1, 0.15) is 12.0 Å². The van der Waals surface area contributed by atoms with Crippen molar-refractivity contribution in [2.75, 3.05) is 25.7 Å². The molecule has 1 fully saturated rings. The maximum absolute atomic E-state index is 12.6. The minimum atomic E-state index is -0.680. The number of hydrogen-bond donors (Lipinski definition) is 1. The quantitative estimate of drug-likeness (QED) is 0.772. The second-order valence-electron chi connectivity index (χ2n) is 6.21. The predicted molar refractivity (Wildman–Crippen MR) is 103 cm³/mol. The maximum Gasteiger partial charge on any atom is 0.239 e. The average molecular weight is 389 g/mol. The van der Waals surface area contributed by atoms with Gasteiger partial charge in [0, 0.05) is 23.8 Å². The van der Waals surface area contributed by atoms with Crippen LogP contribution < -0.4 is 19.7 Å². The fourth-order valence-corrected chi connectivity index (χ4v) is 3.23. The van der Waals surface area contributed by atoms with E-state index in [0.29, 0.717) is 36.0 Å². The summed E-state index contributed by atoms with van der Waals surface area (Å²) < 4.78 is 10.5. The molecule has 1 aliphatic heterocycles. The van der Waals surface area contributed by atoms with E-state index in [0.717, 1.165) is 11.3 Å². The Morgan fingerprint density at radius 3 is 2.52 bits per heavy atom. The van der Waals surface area contributed by atoms with Gasteiger partial charge in [-0.25, -0.2) is 0 Å². The Balaban J connectivity index is 1.62. The largest absolute Gasteiger partial charge is 0.493 e. The number of hydrogen-bond acceptors (Lipinski definition) is 4. The number of methoxy groups -OCH3 is 2. The monoisotopic (exact) mass is 388 g/mol. The maximum atomic E-state index is 12.6. The van der Waals surface area contributed by atoms with Crippen LogP contribution in [0.2, 0.25) is 5.02 Å². The third kappa shape index (κ3) is 4.17. The molecule has 1 unspecified atom stereocenters. The molecule has 2 aromatic rings. The first-order valence-electron chi connectivity index (χ1n) is 8.59. The number of anilines is 1. The summed E-state index contributed by atoms with van der Waals surface area (Å²) in [6, 6.07) is 12.5. The van der Waals surface area contributed by atoms with Gasteiger partial charge in [0.1, 0.15) is 5.92 Å². The molecule has 6 nitrogen and oxygen atoms in total. The molecular formula is C20H21ClN2O4. The Bertz CT molecular complexity index is 838. The molecule has 2 aromatic carbocycles. The van der Waals surface area contributed by atoms with E-state index in [9.17, 15) is 9.59 Å². The zero-order chi connectivity index (χ0) is 19.4. The molecule has 1 heterocycles. The van der Waals surface area contributed by atoms with Gasteiger partial charge in [0.15, 0.2) is 11.5 Å². The van der Waals surface area contributed by atoms with Crippen molar-refractivity contribution >= 4 is 29.1 Å². The minimum Gasteiger partial charge on any atom is -0.493 e. The lowest BCUT2D eigenvalue weighted by molar-refractivity contribution is -0.132. The molecule has 3 rings (SSSR count). The van der Waals surface area contributed by atoms with Crippen molar-refractivity contribution in [3.8, 4) is 11.5 Å². The highest BCUT2D eigenvalue weighted by molar-refractivity contribution is 6.30. The molecule has 27 heavy (non-hydrogen) atoms. The smallest absolute Gasteiger partial charge is 0.239 e. The van der Waals surface area contributed by atoms with E-state index in [2.05, 4.69) is 5.32 Å². The van der Waals surface area contributed by atoms with Gasteiger partial charge in [-0.15, -0.1) is 0 Å². The highest BCUT2D eigenvalue weighted by Crippen LogP contribution is 2.28. The van der Waals surface area contributed by atoms with Gasteiger partial charge in [0.2, 0.25) is 11.8 Å². The zero-order valence-electron chi connectivity index (χ0n) is 15.2. The van der Waals surface area contributed by atoms with Crippen molar-refractivity contribution in [1.29, 1.82) is 0 Å². The van der Waals surface area contributed by atoms with E-state index in [-0.39, 0.29) is 11.8 Å². The van der Waals surface area contributed by atoms with E-state index < -0.39 is 5.92 Å². The first-order valence-corrected chi connectivity index (χ1v) is 8.97. The van der Waals surface area contributed by atoms with E-state index in [1.54, 1.807) is 55.5 Å². The van der Waals surface area contributed by atoms with E-state index in [1.807, 2.05) is 6.07 Å². The summed E-state index contributed by atoms with van der Waals surface area (Å²) in [5.41, 5.74) is 1.61. The molecule has 1 aliphatic rings. The van der Waals surface area contributed by atoms with Gasteiger partial charge < -0.3 is 19.7 Å². The number of ether oxygens (including phenoxy) is 2. The first kappa shape index (κ1) is 19.0. The number of benzene rings is 2. The topological polar surface area (TPSA) is 67.9 Å². The first-order chi connectivity index (χ1) is 13.0. The minimum absolute atomic E-state index is 0.192. The van der Waals surface area contributed by atoms with Crippen LogP contribution in [0.5, 0.6) is 11.5 Å². The number of carbonyl (C=O) groups is 2. The number of amides is 2. The highest BCUT2D eigenvalue weighted by atomic mass is 35.5. The standard InChI is InChI=1S/C20H21ClN2O4/c1-26-17-8-3-13(11-18(17)27-2)12-22-19(24)16-9-10-23(20(16)25)15-6-4-14(21)5-7-15/h3-8,11,16H,9-10,12H2,1-2H3,(H,22,24). The van der Waals surface area contributed by atoms with Gasteiger partial charge in [-0.1, -0.05) is 17.7 Å². The fraction of sp³-hybridized carbons (Fsp3) is 0.300. The van der Waals surface area contributed by atoms with Gasteiger partial charge in [-0.05, 0) is 48.4 Å². The lowest BCUT2D eigenvalue weighted by Gasteiger charge is -2.17. The van der Waals surface area contributed by atoms with Crippen LogP contribution in [0.3, 0.4) is 0 Å². The number of carbonyl (C=O) groups excluding carboxylic acids is 2. The molecule has 1 N–H and O–H groups in total. The molecule has 0 aromatic heterocycles. The average Bonchev–Trinajstić information content (AvgIpc) is 3.08. The van der Waals surface area contributed by atoms with Gasteiger partial charge in [0.05, 0.1) is 14.2 Å². The summed E-state index contributed by atoms with van der Waals surface area (Å²) in [5.74, 6) is 0.0708. The number of halogens is 1. The van der Waals surface area contributed by atoms with E-state index >= 15 is 0 Å². The number of nitrogens with one attached hydrogen (secondary N) is 1. The van der Waals surface area contributed by atoms with Crippen molar-refractivity contribution < 1.29 is 19.1 Å². The summed E-state index contributed by atoms with van der Waals surface area (Å²) in [6.45, 7) is 0.818. The van der Waals surface area contributed by atoms with Gasteiger partial charge in [-0.2, -0.15) is 0 Å². The molecular weight excluding hydrogens is 368 g/mol. The lowest BCUT2D eigenvalue weighted by Crippen LogP contribution is -2.36. The fourth-order valence-electron chi connectivity index (χ4n) is 3.10. The number of nitrogens with zero attached hydrogens (tertiary/aromatic N) is 1. The zero-order valence-corrected chi connectivity index (χ0v) is 16.0. The second-order valence-corrected chi connectivity index (χ2v) is 6.65. The number of rotatable bonds is 6. The Kier molecular flexibility index (Phi) is 5.86. The van der Waals surface area contributed by atoms with Gasteiger partial charge in [0.25, 0.3) is 0 Å². The third-order valence-corrected chi connectivity index (χ3v) is 4.83. The van der Waals surface area contributed by atoms with Crippen molar-refractivity contribution in [1.82, 2.24) is 5.32 Å². The molecule has 1 atom stereocenters. The molecule has 0 spiro atoms. The van der Waals surface area contributed by atoms with Crippen LogP contribution in [0.4, 0.5) is 5.69 Å². The van der Waals surface area contributed by atoms with Crippen LogP contribution in [0.15, 0.2) is 42.5 Å². The summed E-state index contributed by atoms with van der Waals surface area (Å²) in [7, 11) is 3.13. The SMILES string of the molecule is COc1ccc(CNC(=O)C2CCN(c3ccc(Cl)cc3)C2=O)cc1OC. The molecule has 1 saturated heterocycles. The van der Waals surface area contributed by atoms with Crippen molar-refractivity contribution in [2.45, 2.75) is 13.0 Å². The summed E-state index contributed by atoms with van der Waals surface area (Å²) in [5, 5.41) is 3.44. The molecule has 7 heteroatoms. The summed E-state index contributed by atoms with van der Waals surface area (Å²) >= 11 is 5.89. The third-order valence-electron chi connectivity index (χ3n) is 4.57. The summed E-state index contributed by atoms with van der Waals surface area (Å²) in [6.07, 6.45) is 0.485. The summed E-state index contributed by atoms with van der Waals surface area (Å²) in [4.78, 5) is 26.7. The Morgan fingerprint density at radius 1 is 1.15 bits per heavy atom. The van der Waals surface area contributed by atoms with Gasteiger partial charge >= 0.3 is 0 Å². The predicted octanol–water partition coefficient (Wildman–Crippen LogP) is 3.03. The van der Waals surface area contributed by atoms with Crippen LogP contribution in [-0.4, -0.2) is 32.6 Å². The van der Waals surface area contributed by atoms with Crippen LogP contribution in [0.25, 0.3) is 0 Å². The second kappa shape index (κ2) is 8.31. The molecule has 0 saturated carbocycles.